The zero-order valence-electron chi connectivity index (χ0n) is 17.8. The Morgan fingerprint density at radius 1 is 1.14 bits per heavy atom. The quantitative estimate of drug-likeness (QED) is 0.200. The molecule has 0 radical (unpaired) electrons. The van der Waals surface area contributed by atoms with Crippen molar-refractivity contribution in [1.29, 1.82) is 0 Å². The number of guanidine groups is 1. The molecule has 0 aromatic heterocycles. The van der Waals surface area contributed by atoms with Crippen LogP contribution in [0, 0.1) is 0 Å². The highest BCUT2D eigenvalue weighted by Crippen LogP contribution is 2.39. The third kappa shape index (κ3) is 8.06. The van der Waals surface area contributed by atoms with Crippen LogP contribution >= 0.6 is 24.0 Å². The summed E-state index contributed by atoms with van der Waals surface area (Å²) >= 11 is 0. The van der Waals surface area contributed by atoms with Gasteiger partial charge in [-0.2, -0.15) is 0 Å². The van der Waals surface area contributed by atoms with Crippen molar-refractivity contribution in [2.24, 2.45) is 4.99 Å². The Morgan fingerprint density at radius 2 is 1.93 bits per heavy atom. The van der Waals surface area contributed by atoms with Crippen molar-refractivity contribution in [3.05, 3.63) is 17.7 Å². The average molecular weight is 523 g/mol. The lowest BCUT2D eigenvalue weighted by Gasteiger charge is -2.17. The van der Waals surface area contributed by atoms with Gasteiger partial charge in [0.05, 0.1) is 34.0 Å². The van der Waals surface area contributed by atoms with Gasteiger partial charge >= 0.3 is 0 Å². The minimum atomic E-state index is 0. The van der Waals surface area contributed by atoms with E-state index in [0.29, 0.717) is 37.0 Å². The molecule has 1 unspecified atom stereocenters. The number of nitrogens with zero attached hydrogens (tertiary/aromatic N) is 1. The average Bonchev–Trinajstić information content (AvgIpc) is 3.25. The number of nitrogens with one attached hydrogen (secondary N) is 2. The second-order valence-electron chi connectivity index (χ2n) is 6.41. The van der Waals surface area contributed by atoms with E-state index in [1.165, 1.54) is 0 Å². The number of halogens is 1. The Balaban J connectivity index is 0.00000420. The van der Waals surface area contributed by atoms with Crippen LogP contribution in [0.3, 0.4) is 0 Å². The van der Waals surface area contributed by atoms with E-state index in [-0.39, 0.29) is 30.1 Å². The van der Waals surface area contributed by atoms with Gasteiger partial charge in [-0.15, -0.1) is 24.0 Å². The minimum Gasteiger partial charge on any atom is -0.493 e. The summed E-state index contributed by atoms with van der Waals surface area (Å²) < 4.78 is 27.5. The molecular formula is C20H34IN3O5. The first-order valence-corrected chi connectivity index (χ1v) is 9.65. The summed E-state index contributed by atoms with van der Waals surface area (Å²) in [5.41, 5.74) is 0.947. The molecule has 1 aliphatic heterocycles. The number of ether oxygens (including phenoxy) is 5. The topological polar surface area (TPSA) is 82.6 Å². The van der Waals surface area contributed by atoms with Gasteiger partial charge in [0, 0.05) is 38.9 Å². The molecule has 166 valence electrons. The van der Waals surface area contributed by atoms with Gasteiger partial charge in [0.25, 0.3) is 0 Å². The van der Waals surface area contributed by atoms with E-state index in [4.69, 9.17) is 23.7 Å². The molecule has 2 rings (SSSR count). The fraction of sp³-hybridized carbons (Fsp3) is 0.650. The van der Waals surface area contributed by atoms with E-state index in [1.807, 2.05) is 12.1 Å². The van der Waals surface area contributed by atoms with E-state index in [0.717, 1.165) is 43.9 Å². The molecule has 0 amide bonds. The van der Waals surface area contributed by atoms with Crippen LogP contribution in [0.15, 0.2) is 17.1 Å². The number of aliphatic imine (C=N–C) groups is 1. The molecule has 29 heavy (non-hydrogen) atoms. The lowest BCUT2D eigenvalue weighted by atomic mass is 10.1. The molecule has 0 bridgehead atoms. The second kappa shape index (κ2) is 14.5. The van der Waals surface area contributed by atoms with Gasteiger partial charge in [-0.05, 0) is 31.4 Å². The highest BCUT2D eigenvalue weighted by Gasteiger charge is 2.16. The maximum Gasteiger partial charge on any atom is 0.203 e. The summed E-state index contributed by atoms with van der Waals surface area (Å²) in [5, 5.41) is 6.57. The normalized spacial score (nSPS) is 16.1. The van der Waals surface area contributed by atoms with Crippen LogP contribution in [0.5, 0.6) is 17.2 Å². The fourth-order valence-corrected chi connectivity index (χ4v) is 3.07. The standard InChI is InChI=1S/C20H33N3O5.HI/c1-21-20(22-10-6-11-27-14-16-7-5-12-28-16)23-13-15-8-9-17(24-2)19(26-4)18(15)25-3;/h8-9,16H,5-7,10-14H2,1-4H3,(H2,21,22,23);1H. The molecule has 2 N–H and O–H groups in total. The van der Waals surface area contributed by atoms with Gasteiger partial charge in [0.2, 0.25) is 5.75 Å². The van der Waals surface area contributed by atoms with Gasteiger partial charge in [-0.25, -0.2) is 0 Å². The molecule has 1 saturated heterocycles. The van der Waals surface area contributed by atoms with Crippen molar-refractivity contribution in [3.8, 4) is 17.2 Å². The number of rotatable bonds is 11. The SMILES string of the molecule is CN=C(NCCCOCC1CCCO1)NCc1ccc(OC)c(OC)c1OC.I. The van der Waals surface area contributed by atoms with Crippen LogP contribution in [0.1, 0.15) is 24.8 Å². The molecular weight excluding hydrogens is 489 g/mol. The summed E-state index contributed by atoms with van der Waals surface area (Å²) in [6.45, 7) is 3.56. The molecule has 1 aromatic carbocycles. The van der Waals surface area contributed by atoms with Gasteiger partial charge in [-0.3, -0.25) is 4.99 Å². The van der Waals surface area contributed by atoms with Crippen molar-refractivity contribution in [2.45, 2.75) is 31.9 Å². The van der Waals surface area contributed by atoms with Crippen molar-refractivity contribution >= 4 is 29.9 Å². The zero-order valence-corrected chi connectivity index (χ0v) is 20.1. The molecule has 0 saturated carbocycles. The highest BCUT2D eigenvalue weighted by atomic mass is 127. The van der Waals surface area contributed by atoms with Crippen LogP contribution in [-0.4, -0.2) is 66.8 Å². The van der Waals surface area contributed by atoms with Crippen molar-refractivity contribution < 1.29 is 23.7 Å². The van der Waals surface area contributed by atoms with Crippen LogP contribution in [0.2, 0.25) is 0 Å². The first-order chi connectivity index (χ1) is 13.7. The Morgan fingerprint density at radius 3 is 2.55 bits per heavy atom. The smallest absolute Gasteiger partial charge is 0.203 e. The molecule has 8 nitrogen and oxygen atoms in total. The van der Waals surface area contributed by atoms with Crippen molar-refractivity contribution in [1.82, 2.24) is 10.6 Å². The van der Waals surface area contributed by atoms with E-state index in [1.54, 1.807) is 28.4 Å². The molecule has 1 atom stereocenters. The van der Waals surface area contributed by atoms with Crippen molar-refractivity contribution in [2.75, 3.05) is 54.7 Å². The monoisotopic (exact) mass is 523 g/mol. The summed E-state index contributed by atoms with van der Waals surface area (Å²) in [5.74, 6) is 2.58. The zero-order chi connectivity index (χ0) is 20.2. The number of benzene rings is 1. The molecule has 1 aliphatic rings. The fourth-order valence-electron chi connectivity index (χ4n) is 3.07. The van der Waals surface area contributed by atoms with Gasteiger partial charge in [-0.1, -0.05) is 0 Å². The second-order valence-corrected chi connectivity index (χ2v) is 6.41. The molecule has 9 heteroatoms. The van der Waals surface area contributed by atoms with Crippen LogP contribution in [0.4, 0.5) is 0 Å². The Labute approximate surface area is 190 Å². The van der Waals surface area contributed by atoms with Gasteiger partial charge in [0.15, 0.2) is 17.5 Å². The van der Waals surface area contributed by atoms with E-state index in [2.05, 4.69) is 15.6 Å². The van der Waals surface area contributed by atoms with E-state index < -0.39 is 0 Å². The van der Waals surface area contributed by atoms with E-state index in [9.17, 15) is 0 Å². The Bertz CT molecular complexity index is 624. The Kier molecular flexibility index (Phi) is 12.8. The summed E-state index contributed by atoms with van der Waals surface area (Å²) in [4.78, 5) is 4.25. The largest absolute Gasteiger partial charge is 0.493 e. The summed E-state index contributed by atoms with van der Waals surface area (Å²) in [6, 6.07) is 3.80. The molecule has 1 fully saturated rings. The lowest BCUT2D eigenvalue weighted by Crippen LogP contribution is -2.37. The number of hydrogen-bond donors (Lipinski definition) is 2. The number of hydrogen-bond acceptors (Lipinski definition) is 6. The third-order valence-electron chi connectivity index (χ3n) is 4.54. The third-order valence-corrected chi connectivity index (χ3v) is 4.54. The van der Waals surface area contributed by atoms with E-state index >= 15 is 0 Å². The predicted octanol–water partition coefficient (Wildman–Crippen LogP) is 2.58. The van der Waals surface area contributed by atoms with Crippen LogP contribution in [0.25, 0.3) is 0 Å². The predicted molar refractivity (Wildman–Crippen MR) is 124 cm³/mol. The maximum atomic E-state index is 5.67. The summed E-state index contributed by atoms with van der Waals surface area (Å²) in [6.07, 6.45) is 3.42. The maximum absolute atomic E-state index is 5.67. The Hall–Kier alpha value is -1.46. The first kappa shape index (κ1) is 25.6. The van der Waals surface area contributed by atoms with Gasteiger partial charge in [0.1, 0.15) is 0 Å². The number of methoxy groups -OCH3 is 3. The molecule has 0 aliphatic carbocycles. The minimum absolute atomic E-state index is 0. The van der Waals surface area contributed by atoms with Crippen LogP contribution in [-0.2, 0) is 16.0 Å². The van der Waals surface area contributed by atoms with Crippen molar-refractivity contribution in [3.63, 3.8) is 0 Å². The molecule has 1 aromatic rings. The van der Waals surface area contributed by atoms with Gasteiger partial charge < -0.3 is 34.3 Å². The lowest BCUT2D eigenvalue weighted by molar-refractivity contribution is 0.0168. The molecule has 0 spiro atoms. The summed E-state index contributed by atoms with van der Waals surface area (Å²) in [7, 11) is 6.56. The first-order valence-electron chi connectivity index (χ1n) is 9.65. The highest BCUT2D eigenvalue weighted by molar-refractivity contribution is 14.0. The molecule has 1 heterocycles. The van der Waals surface area contributed by atoms with Crippen LogP contribution < -0.4 is 24.8 Å².